The Morgan fingerprint density at radius 1 is 1.08 bits per heavy atom. The Balaban J connectivity index is 1.60. The Labute approximate surface area is 141 Å². The molecule has 0 bridgehead atoms. The zero-order chi connectivity index (χ0) is 16.4. The fourth-order valence-electron chi connectivity index (χ4n) is 3.44. The van der Waals surface area contributed by atoms with Crippen LogP contribution >= 0.6 is 0 Å². The van der Waals surface area contributed by atoms with Crippen molar-refractivity contribution < 1.29 is 0 Å². The summed E-state index contributed by atoms with van der Waals surface area (Å²) in [5.41, 5.74) is 9.76. The topological polar surface area (TPSA) is 68.2 Å². The number of rotatable bonds is 5. The number of nitrogens with two attached hydrogens (primary N) is 1. The SMILES string of the molecule is NCc1ccc(-c2cnc3ccc(NCC4CCCC4)nn23)cc1. The molecule has 2 aromatic heterocycles. The van der Waals surface area contributed by atoms with Gasteiger partial charge in [-0.2, -0.15) is 0 Å². The number of hydrogen-bond acceptors (Lipinski definition) is 4. The Hall–Kier alpha value is -2.40. The standard InChI is InChI=1S/C19H23N5/c20-11-14-5-7-16(8-6-14)17-13-22-19-10-9-18(23-24(17)19)21-12-15-3-1-2-4-15/h5-10,13,15H,1-4,11-12,20H2,(H,21,23). The van der Waals surface area contributed by atoms with E-state index in [4.69, 9.17) is 10.8 Å². The number of nitrogens with one attached hydrogen (secondary N) is 1. The third kappa shape index (κ3) is 2.99. The monoisotopic (exact) mass is 321 g/mol. The molecule has 1 aliphatic rings. The van der Waals surface area contributed by atoms with Crippen LogP contribution in [0.3, 0.4) is 0 Å². The van der Waals surface area contributed by atoms with Crippen LogP contribution in [0.4, 0.5) is 5.82 Å². The summed E-state index contributed by atoms with van der Waals surface area (Å²) in [6, 6.07) is 12.3. The first-order valence-electron chi connectivity index (χ1n) is 8.71. The summed E-state index contributed by atoms with van der Waals surface area (Å²) in [6.45, 7) is 1.56. The lowest BCUT2D eigenvalue weighted by Crippen LogP contribution is -2.12. The van der Waals surface area contributed by atoms with Gasteiger partial charge in [0.05, 0.1) is 11.9 Å². The van der Waals surface area contributed by atoms with Crippen LogP contribution in [0.5, 0.6) is 0 Å². The second-order valence-corrected chi connectivity index (χ2v) is 6.56. The molecule has 0 amide bonds. The zero-order valence-electron chi connectivity index (χ0n) is 13.8. The smallest absolute Gasteiger partial charge is 0.154 e. The largest absolute Gasteiger partial charge is 0.368 e. The van der Waals surface area contributed by atoms with E-state index in [2.05, 4.69) is 34.6 Å². The third-order valence-electron chi connectivity index (χ3n) is 4.89. The molecule has 5 heteroatoms. The molecule has 1 aromatic carbocycles. The number of aromatic nitrogens is 3. The number of anilines is 1. The van der Waals surface area contributed by atoms with Crippen LogP contribution in [0.15, 0.2) is 42.6 Å². The van der Waals surface area contributed by atoms with Crippen LogP contribution in [0, 0.1) is 5.92 Å². The highest BCUT2D eigenvalue weighted by molar-refractivity contribution is 5.63. The van der Waals surface area contributed by atoms with E-state index in [0.717, 1.165) is 40.7 Å². The lowest BCUT2D eigenvalue weighted by Gasteiger charge is -2.11. The van der Waals surface area contributed by atoms with Gasteiger partial charge in [-0.3, -0.25) is 0 Å². The van der Waals surface area contributed by atoms with Crippen molar-refractivity contribution in [2.24, 2.45) is 11.7 Å². The van der Waals surface area contributed by atoms with Crippen molar-refractivity contribution in [1.29, 1.82) is 0 Å². The highest BCUT2D eigenvalue weighted by atomic mass is 15.3. The van der Waals surface area contributed by atoms with Gasteiger partial charge in [-0.15, -0.1) is 5.10 Å². The van der Waals surface area contributed by atoms with Gasteiger partial charge in [-0.25, -0.2) is 9.50 Å². The van der Waals surface area contributed by atoms with Crippen LogP contribution in [-0.2, 0) is 6.54 Å². The van der Waals surface area contributed by atoms with Crippen molar-refractivity contribution in [3.05, 3.63) is 48.2 Å². The van der Waals surface area contributed by atoms with Crippen molar-refractivity contribution in [1.82, 2.24) is 14.6 Å². The van der Waals surface area contributed by atoms with Gasteiger partial charge in [0, 0.05) is 18.7 Å². The minimum absolute atomic E-state index is 0.556. The molecule has 4 rings (SSSR count). The van der Waals surface area contributed by atoms with E-state index in [1.165, 1.54) is 25.7 Å². The van der Waals surface area contributed by atoms with E-state index in [1.54, 1.807) is 0 Å². The molecule has 1 aliphatic carbocycles. The second kappa shape index (κ2) is 6.61. The Morgan fingerprint density at radius 3 is 2.62 bits per heavy atom. The molecule has 0 aliphatic heterocycles. The van der Waals surface area contributed by atoms with Gasteiger partial charge in [0.25, 0.3) is 0 Å². The zero-order valence-corrected chi connectivity index (χ0v) is 13.8. The van der Waals surface area contributed by atoms with Gasteiger partial charge in [-0.1, -0.05) is 37.1 Å². The van der Waals surface area contributed by atoms with Crippen LogP contribution in [-0.4, -0.2) is 21.1 Å². The average molecular weight is 321 g/mol. The van der Waals surface area contributed by atoms with Crippen molar-refractivity contribution in [3.8, 4) is 11.3 Å². The van der Waals surface area contributed by atoms with E-state index >= 15 is 0 Å². The molecule has 3 N–H and O–H groups in total. The van der Waals surface area contributed by atoms with Crippen LogP contribution in [0.25, 0.3) is 16.9 Å². The molecule has 0 saturated heterocycles. The van der Waals surface area contributed by atoms with Gasteiger partial charge in [-0.05, 0) is 36.5 Å². The number of hydrogen-bond donors (Lipinski definition) is 2. The molecule has 0 spiro atoms. The van der Waals surface area contributed by atoms with Crippen molar-refractivity contribution in [3.63, 3.8) is 0 Å². The third-order valence-corrected chi connectivity index (χ3v) is 4.89. The van der Waals surface area contributed by atoms with Crippen molar-refractivity contribution in [2.75, 3.05) is 11.9 Å². The minimum atomic E-state index is 0.556. The first-order chi connectivity index (χ1) is 11.8. The first-order valence-corrected chi connectivity index (χ1v) is 8.71. The molecule has 124 valence electrons. The predicted molar refractivity (Wildman–Crippen MR) is 96.8 cm³/mol. The molecule has 3 aromatic rings. The molecule has 24 heavy (non-hydrogen) atoms. The molecule has 2 heterocycles. The fourth-order valence-corrected chi connectivity index (χ4v) is 3.44. The van der Waals surface area contributed by atoms with E-state index in [-0.39, 0.29) is 0 Å². The fraction of sp³-hybridized carbons (Fsp3) is 0.368. The normalized spacial score (nSPS) is 15.2. The Morgan fingerprint density at radius 2 is 1.88 bits per heavy atom. The molecule has 1 saturated carbocycles. The maximum atomic E-state index is 5.68. The average Bonchev–Trinajstić information content (AvgIpc) is 3.29. The molecule has 0 atom stereocenters. The summed E-state index contributed by atoms with van der Waals surface area (Å²) < 4.78 is 1.91. The van der Waals surface area contributed by atoms with Gasteiger partial charge >= 0.3 is 0 Å². The van der Waals surface area contributed by atoms with Crippen LogP contribution < -0.4 is 11.1 Å². The molecule has 0 radical (unpaired) electrons. The Kier molecular flexibility index (Phi) is 4.17. The number of fused-ring (bicyclic) bond motifs is 1. The highest BCUT2D eigenvalue weighted by Crippen LogP contribution is 2.25. The van der Waals surface area contributed by atoms with E-state index in [9.17, 15) is 0 Å². The second-order valence-electron chi connectivity index (χ2n) is 6.56. The van der Waals surface area contributed by atoms with E-state index in [0.29, 0.717) is 6.54 Å². The summed E-state index contributed by atoms with van der Waals surface area (Å²) in [5, 5.41) is 8.22. The Bertz CT molecular complexity index is 815. The van der Waals surface area contributed by atoms with E-state index in [1.807, 2.05) is 22.8 Å². The van der Waals surface area contributed by atoms with Gasteiger partial charge < -0.3 is 11.1 Å². The lowest BCUT2D eigenvalue weighted by atomic mass is 10.1. The maximum Gasteiger partial charge on any atom is 0.154 e. The lowest BCUT2D eigenvalue weighted by molar-refractivity contribution is 0.578. The van der Waals surface area contributed by atoms with Crippen LogP contribution in [0.2, 0.25) is 0 Å². The molecular weight excluding hydrogens is 298 g/mol. The van der Waals surface area contributed by atoms with Crippen LogP contribution in [0.1, 0.15) is 31.2 Å². The molecule has 1 fully saturated rings. The predicted octanol–water partition coefficient (Wildman–Crippen LogP) is 3.46. The summed E-state index contributed by atoms with van der Waals surface area (Å²) in [5.74, 6) is 1.70. The number of imidazole rings is 1. The molecular formula is C19H23N5. The maximum absolute atomic E-state index is 5.68. The first kappa shape index (κ1) is 15.1. The van der Waals surface area contributed by atoms with E-state index < -0.39 is 0 Å². The molecule has 0 unspecified atom stereocenters. The van der Waals surface area contributed by atoms with Gasteiger partial charge in [0.15, 0.2) is 5.65 Å². The molecule has 5 nitrogen and oxygen atoms in total. The van der Waals surface area contributed by atoms with Crippen molar-refractivity contribution >= 4 is 11.5 Å². The summed E-state index contributed by atoms with van der Waals surface area (Å²) in [6.07, 6.45) is 7.27. The summed E-state index contributed by atoms with van der Waals surface area (Å²) in [7, 11) is 0. The summed E-state index contributed by atoms with van der Waals surface area (Å²) >= 11 is 0. The number of nitrogens with zero attached hydrogens (tertiary/aromatic N) is 3. The highest BCUT2D eigenvalue weighted by Gasteiger charge is 2.15. The minimum Gasteiger partial charge on any atom is -0.368 e. The quantitative estimate of drug-likeness (QED) is 0.755. The summed E-state index contributed by atoms with van der Waals surface area (Å²) in [4.78, 5) is 4.46. The van der Waals surface area contributed by atoms with Gasteiger partial charge in [0.2, 0.25) is 0 Å². The number of benzene rings is 1. The van der Waals surface area contributed by atoms with Gasteiger partial charge in [0.1, 0.15) is 5.82 Å². The van der Waals surface area contributed by atoms with Crippen molar-refractivity contribution in [2.45, 2.75) is 32.2 Å².